The van der Waals surface area contributed by atoms with E-state index in [0.29, 0.717) is 18.2 Å². The molecule has 9 nitrogen and oxygen atoms in total. The lowest BCUT2D eigenvalue weighted by Gasteiger charge is -2.32. The van der Waals surface area contributed by atoms with Gasteiger partial charge in [-0.15, -0.1) is 5.10 Å². The van der Waals surface area contributed by atoms with Crippen molar-refractivity contribution in [3.8, 4) is 17.3 Å². The predicted molar refractivity (Wildman–Crippen MR) is 115 cm³/mol. The van der Waals surface area contributed by atoms with Gasteiger partial charge in [0.15, 0.2) is 11.4 Å². The van der Waals surface area contributed by atoms with Crippen LogP contribution in [0.15, 0.2) is 41.1 Å². The van der Waals surface area contributed by atoms with Crippen LogP contribution in [0.3, 0.4) is 0 Å². The fraction of sp³-hybridized carbons (Fsp3) is 0.409. The molecule has 0 aromatic carbocycles. The third kappa shape index (κ3) is 3.30. The van der Waals surface area contributed by atoms with Crippen LogP contribution in [0.2, 0.25) is 0 Å². The molecule has 0 radical (unpaired) electrons. The summed E-state index contributed by atoms with van der Waals surface area (Å²) in [5, 5.41) is 5.61. The summed E-state index contributed by atoms with van der Waals surface area (Å²) in [6.45, 7) is 4.37. The number of nitrogens with two attached hydrogens (primary N) is 1. The fourth-order valence-corrected chi connectivity index (χ4v) is 4.30. The highest BCUT2D eigenvalue weighted by molar-refractivity contribution is 5.92. The lowest BCUT2D eigenvalue weighted by molar-refractivity contribution is 0.0530. The van der Waals surface area contributed by atoms with Gasteiger partial charge in [0.1, 0.15) is 23.2 Å². The van der Waals surface area contributed by atoms with Crippen molar-refractivity contribution < 1.29 is 13.9 Å². The fourth-order valence-electron chi connectivity index (χ4n) is 4.30. The molecule has 31 heavy (non-hydrogen) atoms. The van der Waals surface area contributed by atoms with Gasteiger partial charge in [-0.05, 0) is 38.0 Å². The van der Waals surface area contributed by atoms with Crippen LogP contribution in [0.4, 0.5) is 5.82 Å². The lowest BCUT2D eigenvalue weighted by Crippen LogP contribution is -2.43. The van der Waals surface area contributed by atoms with E-state index in [0.717, 1.165) is 54.1 Å². The second-order valence-corrected chi connectivity index (χ2v) is 8.34. The number of ether oxygens (including phenoxy) is 2. The molecular weight excluding hydrogens is 396 g/mol. The first-order valence-electron chi connectivity index (χ1n) is 10.7. The Balaban J connectivity index is 1.37. The number of hydrogen-bond donors (Lipinski definition) is 1. The monoisotopic (exact) mass is 420 g/mol. The molecule has 160 valence electrons. The highest BCUT2D eigenvalue weighted by Crippen LogP contribution is 2.33. The van der Waals surface area contributed by atoms with Crippen LogP contribution in [0.25, 0.3) is 28.1 Å². The minimum Gasteiger partial charge on any atom is -0.473 e. The molecule has 0 bridgehead atoms. The molecule has 5 heterocycles. The molecule has 0 unspecified atom stereocenters. The number of anilines is 1. The molecule has 2 aliphatic rings. The third-order valence-corrected chi connectivity index (χ3v) is 5.97. The maximum atomic E-state index is 6.19. The topological polar surface area (TPSA) is 104 Å². The van der Waals surface area contributed by atoms with E-state index in [-0.39, 0.29) is 18.2 Å². The molecule has 0 spiro atoms. The Bertz CT molecular complexity index is 1240. The molecule has 1 aliphatic carbocycles. The van der Waals surface area contributed by atoms with Crippen molar-refractivity contribution in [1.29, 1.82) is 0 Å². The number of furan rings is 1. The van der Waals surface area contributed by atoms with Gasteiger partial charge in [0.25, 0.3) is 0 Å². The predicted octanol–water partition coefficient (Wildman–Crippen LogP) is 2.63. The Morgan fingerprint density at radius 3 is 2.94 bits per heavy atom. The zero-order valence-electron chi connectivity index (χ0n) is 17.3. The van der Waals surface area contributed by atoms with Crippen LogP contribution >= 0.6 is 0 Å². The molecule has 2 N–H and O–H groups in total. The van der Waals surface area contributed by atoms with E-state index < -0.39 is 0 Å². The van der Waals surface area contributed by atoms with Crippen LogP contribution in [-0.2, 0) is 4.74 Å². The van der Waals surface area contributed by atoms with Crippen LogP contribution in [0.5, 0.6) is 5.88 Å². The molecule has 1 atom stereocenters. The van der Waals surface area contributed by atoms with Crippen molar-refractivity contribution in [3.63, 3.8) is 0 Å². The summed E-state index contributed by atoms with van der Waals surface area (Å²) in [6, 6.07) is 7.87. The highest BCUT2D eigenvalue weighted by Gasteiger charge is 2.28. The first-order valence-corrected chi connectivity index (χ1v) is 10.7. The summed E-state index contributed by atoms with van der Waals surface area (Å²) in [6.07, 6.45) is 5.57. The highest BCUT2D eigenvalue weighted by atomic mass is 16.5. The summed E-state index contributed by atoms with van der Waals surface area (Å²) in [5.74, 6) is 2.16. The summed E-state index contributed by atoms with van der Waals surface area (Å²) in [7, 11) is 0. The molecule has 4 aromatic heterocycles. The minimum atomic E-state index is 0.127. The van der Waals surface area contributed by atoms with Crippen molar-refractivity contribution >= 4 is 22.4 Å². The summed E-state index contributed by atoms with van der Waals surface area (Å²) in [4.78, 5) is 11.4. The van der Waals surface area contributed by atoms with Gasteiger partial charge in [0.2, 0.25) is 5.88 Å². The van der Waals surface area contributed by atoms with E-state index in [2.05, 4.69) is 26.9 Å². The number of fused-ring (bicyclic) bond motifs is 2. The van der Waals surface area contributed by atoms with E-state index in [1.807, 2.05) is 24.3 Å². The Morgan fingerprint density at radius 1 is 1.19 bits per heavy atom. The number of pyridine rings is 1. The number of nitrogens with zero attached hydrogens (tertiary/aromatic N) is 5. The average Bonchev–Trinajstić information content (AvgIpc) is 3.36. The van der Waals surface area contributed by atoms with Crippen molar-refractivity contribution in [2.24, 2.45) is 5.73 Å². The summed E-state index contributed by atoms with van der Waals surface area (Å²) in [5.41, 5.74) is 8.14. The minimum absolute atomic E-state index is 0.127. The van der Waals surface area contributed by atoms with Gasteiger partial charge >= 0.3 is 0 Å². The van der Waals surface area contributed by atoms with Crippen molar-refractivity contribution in [1.82, 2.24) is 19.6 Å². The van der Waals surface area contributed by atoms with Crippen LogP contribution in [-0.4, -0.2) is 57.5 Å². The van der Waals surface area contributed by atoms with Gasteiger partial charge in [-0.2, -0.15) is 0 Å². The average molecular weight is 420 g/mol. The molecule has 0 amide bonds. The first-order chi connectivity index (χ1) is 15.1. The maximum Gasteiger partial charge on any atom is 0.232 e. The largest absolute Gasteiger partial charge is 0.473 e. The third-order valence-electron chi connectivity index (χ3n) is 5.97. The van der Waals surface area contributed by atoms with Crippen LogP contribution < -0.4 is 15.4 Å². The molecule has 6 rings (SSSR count). The molecule has 1 saturated heterocycles. The number of hydrogen-bond acceptors (Lipinski definition) is 8. The second kappa shape index (κ2) is 7.21. The Kier molecular flexibility index (Phi) is 4.32. The molecule has 1 aliphatic heterocycles. The zero-order valence-corrected chi connectivity index (χ0v) is 17.3. The van der Waals surface area contributed by atoms with Gasteiger partial charge < -0.3 is 24.5 Å². The number of imidazole rings is 1. The Hall–Kier alpha value is -3.17. The van der Waals surface area contributed by atoms with E-state index in [1.54, 1.807) is 16.9 Å². The SMILES string of the molecule is C[C@@H]1CN(c2nccc3oc(-c4cnc5ccc(OC6CC(N)C6)nn45)cc23)CCO1. The summed E-state index contributed by atoms with van der Waals surface area (Å²) < 4.78 is 19.6. The number of morpholine rings is 1. The Morgan fingerprint density at radius 2 is 2.10 bits per heavy atom. The zero-order chi connectivity index (χ0) is 20.9. The van der Waals surface area contributed by atoms with Gasteiger partial charge in [-0.3, -0.25) is 0 Å². The molecule has 2 fully saturated rings. The number of aromatic nitrogens is 4. The molecular formula is C22H24N6O3. The molecule has 9 heteroatoms. The van der Waals surface area contributed by atoms with E-state index in [9.17, 15) is 0 Å². The smallest absolute Gasteiger partial charge is 0.232 e. The van der Waals surface area contributed by atoms with Gasteiger partial charge in [-0.25, -0.2) is 14.5 Å². The summed E-state index contributed by atoms with van der Waals surface area (Å²) >= 11 is 0. The van der Waals surface area contributed by atoms with E-state index >= 15 is 0 Å². The standard InChI is InChI=1S/C22H24N6O3/c1-13-12-27(6-7-29-13)22-16-10-19(31-18(16)4-5-24-22)17-11-25-20-2-3-21(26-28(17)20)30-15-8-14(23)9-15/h2-5,10-11,13-15H,6-9,12,23H2,1H3/t13-,14?,15?/m1/s1. The second-order valence-electron chi connectivity index (χ2n) is 8.34. The van der Waals surface area contributed by atoms with E-state index in [1.165, 1.54) is 0 Å². The lowest BCUT2D eigenvalue weighted by atomic mass is 9.90. The van der Waals surface area contributed by atoms with Crippen molar-refractivity contribution in [2.45, 2.75) is 38.0 Å². The quantitative estimate of drug-likeness (QED) is 0.537. The molecule has 1 saturated carbocycles. The van der Waals surface area contributed by atoms with Crippen LogP contribution in [0, 0.1) is 0 Å². The van der Waals surface area contributed by atoms with Crippen LogP contribution in [0.1, 0.15) is 19.8 Å². The first kappa shape index (κ1) is 18.6. The van der Waals surface area contributed by atoms with E-state index in [4.69, 9.17) is 19.6 Å². The number of rotatable bonds is 4. The normalized spacial score (nSPS) is 23.9. The van der Waals surface area contributed by atoms with Crippen molar-refractivity contribution in [2.75, 3.05) is 24.6 Å². The maximum absolute atomic E-state index is 6.19. The van der Waals surface area contributed by atoms with Gasteiger partial charge in [0, 0.05) is 31.4 Å². The Labute approximate surface area is 178 Å². The molecule has 4 aromatic rings. The van der Waals surface area contributed by atoms with Gasteiger partial charge in [-0.1, -0.05) is 0 Å². The van der Waals surface area contributed by atoms with Gasteiger partial charge in [0.05, 0.1) is 24.3 Å². The van der Waals surface area contributed by atoms with Crippen molar-refractivity contribution in [3.05, 3.63) is 36.7 Å².